The molecule has 3 rings (SSSR count). The normalized spacial score (nSPS) is 49.4. The van der Waals surface area contributed by atoms with E-state index in [1.807, 2.05) is 0 Å². The van der Waals surface area contributed by atoms with E-state index in [0.29, 0.717) is 19.4 Å². The van der Waals surface area contributed by atoms with Crippen LogP contribution in [-0.4, -0.2) is 81.4 Å². The van der Waals surface area contributed by atoms with Gasteiger partial charge in [0.25, 0.3) is 0 Å². The van der Waals surface area contributed by atoms with Crippen molar-refractivity contribution in [2.24, 2.45) is 5.92 Å². The minimum Gasteiger partial charge on any atom is -0.394 e. The molecule has 0 aromatic carbocycles. The van der Waals surface area contributed by atoms with Crippen molar-refractivity contribution in [3.05, 3.63) is 0 Å². The molecule has 2 aliphatic heterocycles. The maximum Gasteiger partial charge on any atom is 0.183 e. The second kappa shape index (κ2) is 7.24. The van der Waals surface area contributed by atoms with Gasteiger partial charge in [-0.15, -0.1) is 0 Å². The van der Waals surface area contributed by atoms with E-state index in [1.165, 1.54) is 0 Å². The van der Waals surface area contributed by atoms with Crippen molar-refractivity contribution in [3.63, 3.8) is 0 Å². The molecule has 0 spiro atoms. The van der Waals surface area contributed by atoms with E-state index < -0.39 is 43.4 Å². The van der Waals surface area contributed by atoms with E-state index in [2.05, 4.69) is 11.0 Å². The number of alkyl halides is 1. The molecule has 2 saturated heterocycles. The standard InChI is InChI=1S/C14H26FN3O5/c15-8-3-1-2-7(4-8)9-5-18(17-16-9)11-12(20)10(6-19)23-14(22)13(11)21/h7-14,16-17,19-22H,1-6H2/t7?,8?,9?,10-,11+,12+,13-,14+/m1/s1. The Hall–Kier alpha value is -0.390. The lowest BCUT2D eigenvalue weighted by molar-refractivity contribution is -0.278. The Kier molecular flexibility index (Phi) is 5.49. The minimum absolute atomic E-state index is 0.000476. The lowest BCUT2D eigenvalue weighted by Gasteiger charge is -2.43. The molecule has 3 unspecified atom stereocenters. The average Bonchev–Trinajstić information content (AvgIpc) is 3.01. The zero-order valence-electron chi connectivity index (χ0n) is 12.9. The van der Waals surface area contributed by atoms with Gasteiger partial charge in [0.1, 0.15) is 24.5 Å². The highest BCUT2D eigenvalue weighted by Crippen LogP contribution is 2.31. The molecule has 0 aromatic heterocycles. The van der Waals surface area contributed by atoms with Crippen molar-refractivity contribution in [1.82, 2.24) is 16.0 Å². The van der Waals surface area contributed by atoms with Crippen LogP contribution in [0.3, 0.4) is 0 Å². The summed E-state index contributed by atoms with van der Waals surface area (Å²) in [6, 6.07) is -0.835. The Bertz CT molecular complexity index is 407. The summed E-state index contributed by atoms with van der Waals surface area (Å²) in [4.78, 5) is 0. The SMILES string of the molecule is OC[C@H]1O[C@H](O)[C@H](O)[C@@H](N2CC(C3CCCC(F)C3)NN2)[C@H]1O. The van der Waals surface area contributed by atoms with E-state index >= 15 is 0 Å². The second-order valence-corrected chi connectivity index (χ2v) is 6.76. The molecule has 134 valence electrons. The Balaban J connectivity index is 1.64. The summed E-state index contributed by atoms with van der Waals surface area (Å²) in [6.07, 6.45) is -2.78. The van der Waals surface area contributed by atoms with Gasteiger partial charge in [0.15, 0.2) is 6.29 Å². The van der Waals surface area contributed by atoms with Gasteiger partial charge < -0.3 is 25.2 Å². The number of nitrogens with one attached hydrogen (secondary N) is 2. The van der Waals surface area contributed by atoms with Crippen molar-refractivity contribution in [1.29, 1.82) is 0 Å². The molecule has 8 atom stereocenters. The summed E-state index contributed by atoms with van der Waals surface area (Å²) >= 11 is 0. The predicted octanol–water partition coefficient (Wildman–Crippen LogP) is -1.99. The van der Waals surface area contributed by atoms with Gasteiger partial charge in [-0.05, 0) is 25.2 Å². The molecule has 0 radical (unpaired) electrons. The summed E-state index contributed by atoms with van der Waals surface area (Å²) in [5.74, 6) is 0.184. The Morgan fingerprint density at radius 2 is 1.96 bits per heavy atom. The molecule has 6 N–H and O–H groups in total. The number of aliphatic hydroxyl groups excluding tert-OH is 4. The molecular weight excluding hydrogens is 309 g/mol. The second-order valence-electron chi connectivity index (χ2n) is 6.76. The number of rotatable bonds is 3. The van der Waals surface area contributed by atoms with Crippen molar-refractivity contribution in [2.45, 2.75) is 68.5 Å². The van der Waals surface area contributed by atoms with Crippen molar-refractivity contribution < 1.29 is 29.6 Å². The van der Waals surface area contributed by atoms with Gasteiger partial charge in [0.2, 0.25) is 0 Å². The minimum atomic E-state index is -1.48. The molecular formula is C14H26FN3O5. The zero-order chi connectivity index (χ0) is 16.6. The van der Waals surface area contributed by atoms with Crippen LogP contribution in [0.15, 0.2) is 0 Å². The molecule has 8 nitrogen and oxygen atoms in total. The maximum atomic E-state index is 13.6. The van der Waals surface area contributed by atoms with Gasteiger partial charge in [-0.3, -0.25) is 0 Å². The van der Waals surface area contributed by atoms with Crippen LogP contribution in [0, 0.1) is 5.92 Å². The number of hydrogen-bond donors (Lipinski definition) is 6. The number of nitrogens with zero attached hydrogens (tertiary/aromatic N) is 1. The van der Waals surface area contributed by atoms with Crippen LogP contribution >= 0.6 is 0 Å². The Morgan fingerprint density at radius 3 is 2.65 bits per heavy atom. The fourth-order valence-electron chi connectivity index (χ4n) is 3.91. The molecule has 1 aliphatic carbocycles. The molecule has 0 aromatic rings. The van der Waals surface area contributed by atoms with Crippen LogP contribution in [-0.2, 0) is 4.74 Å². The molecule has 2 heterocycles. The van der Waals surface area contributed by atoms with E-state index in [-0.39, 0.29) is 12.0 Å². The van der Waals surface area contributed by atoms with Crippen molar-refractivity contribution >= 4 is 0 Å². The third kappa shape index (κ3) is 3.52. The summed E-state index contributed by atoms with van der Waals surface area (Å²) in [6.45, 7) is -0.000653. The van der Waals surface area contributed by atoms with Crippen LogP contribution in [0.5, 0.6) is 0 Å². The zero-order valence-corrected chi connectivity index (χ0v) is 12.9. The molecule has 0 amide bonds. The lowest BCUT2D eigenvalue weighted by atomic mass is 9.83. The van der Waals surface area contributed by atoms with E-state index in [0.717, 1.165) is 12.8 Å². The highest BCUT2D eigenvalue weighted by atomic mass is 19.1. The largest absolute Gasteiger partial charge is 0.394 e. The van der Waals surface area contributed by atoms with Crippen molar-refractivity contribution in [3.8, 4) is 0 Å². The van der Waals surface area contributed by atoms with Gasteiger partial charge in [-0.2, -0.15) is 5.53 Å². The molecule has 0 bridgehead atoms. The van der Waals surface area contributed by atoms with Gasteiger partial charge in [-0.1, -0.05) is 6.42 Å². The first-order chi connectivity index (χ1) is 11.0. The van der Waals surface area contributed by atoms with Crippen LogP contribution in [0.25, 0.3) is 0 Å². The van der Waals surface area contributed by atoms with E-state index in [1.54, 1.807) is 5.01 Å². The monoisotopic (exact) mass is 335 g/mol. The number of hydrazine groups is 2. The highest BCUT2D eigenvalue weighted by Gasteiger charge is 2.48. The lowest BCUT2D eigenvalue weighted by Crippen LogP contribution is -2.66. The molecule has 23 heavy (non-hydrogen) atoms. The molecule has 9 heteroatoms. The third-order valence-corrected chi connectivity index (χ3v) is 5.23. The summed E-state index contributed by atoms with van der Waals surface area (Å²) < 4.78 is 18.6. The van der Waals surface area contributed by atoms with Gasteiger partial charge >= 0.3 is 0 Å². The van der Waals surface area contributed by atoms with Gasteiger partial charge in [0, 0.05) is 12.6 Å². The highest BCUT2D eigenvalue weighted by molar-refractivity contribution is 4.97. The Morgan fingerprint density at radius 1 is 1.17 bits per heavy atom. The maximum absolute atomic E-state index is 13.6. The van der Waals surface area contributed by atoms with Crippen LogP contribution in [0.1, 0.15) is 25.7 Å². The first-order valence-electron chi connectivity index (χ1n) is 8.23. The first kappa shape index (κ1) is 17.4. The average molecular weight is 335 g/mol. The van der Waals surface area contributed by atoms with Gasteiger partial charge in [0.05, 0.1) is 12.6 Å². The van der Waals surface area contributed by atoms with Crippen LogP contribution in [0.4, 0.5) is 4.39 Å². The topological polar surface area (TPSA) is 117 Å². The third-order valence-electron chi connectivity index (χ3n) is 5.23. The van der Waals surface area contributed by atoms with E-state index in [4.69, 9.17) is 4.74 Å². The van der Waals surface area contributed by atoms with E-state index in [9.17, 15) is 24.8 Å². The summed E-state index contributed by atoms with van der Waals surface area (Å²) in [5.41, 5.74) is 5.99. The Labute approximate surface area is 134 Å². The van der Waals surface area contributed by atoms with Crippen LogP contribution < -0.4 is 11.0 Å². The molecule has 3 aliphatic rings. The van der Waals surface area contributed by atoms with Crippen molar-refractivity contribution in [2.75, 3.05) is 13.2 Å². The first-order valence-corrected chi connectivity index (χ1v) is 8.23. The summed E-state index contributed by atoms with van der Waals surface area (Å²) in [7, 11) is 0. The smallest absolute Gasteiger partial charge is 0.183 e. The summed E-state index contributed by atoms with van der Waals surface area (Å²) in [5, 5.41) is 41.0. The fraction of sp³-hybridized carbons (Fsp3) is 1.00. The quantitative estimate of drug-likeness (QED) is 0.351. The number of aliphatic hydroxyl groups is 4. The van der Waals surface area contributed by atoms with Gasteiger partial charge in [-0.25, -0.2) is 14.8 Å². The predicted molar refractivity (Wildman–Crippen MR) is 77.4 cm³/mol. The fourth-order valence-corrected chi connectivity index (χ4v) is 3.91. The number of hydrogen-bond acceptors (Lipinski definition) is 8. The van der Waals surface area contributed by atoms with Crippen LogP contribution in [0.2, 0.25) is 0 Å². The molecule has 3 fully saturated rings. The molecule has 1 saturated carbocycles. The number of ether oxygens (including phenoxy) is 1. The number of halogens is 1.